The summed E-state index contributed by atoms with van der Waals surface area (Å²) >= 11 is 5.63. The number of hydrogen-bond acceptors (Lipinski definition) is 4. The Balaban J connectivity index is 2.38. The number of hydrogen-bond donors (Lipinski definition) is 0. The highest BCUT2D eigenvalue weighted by molar-refractivity contribution is 6.69. The molecule has 0 saturated carbocycles. The third-order valence-electron chi connectivity index (χ3n) is 3.74. The lowest BCUT2D eigenvalue weighted by atomic mass is 9.85. The van der Waals surface area contributed by atoms with Crippen molar-refractivity contribution >= 4 is 28.2 Å². The summed E-state index contributed by atoms with van der Waals surface area (Å²) in [5, 5.41) is 17.5. The number of carbonyl (C=O) groups excluding carboxylic acids is 2. The Morgan fingerprint density at radius 3 is 2.32 bits per heavy atom. The first kappa shape index (κ1) is 14.0. The molecule has 0 bridgehead atoms. The minimum atomic E-state index is -0.661. The summed E-state index contributed by atoms with van der Waals surface area (Å²) < 4.78 is 0. The van der Waals surface area contributed by atoms with Gasteiger partial charge in [0, 0.05) is 22.3 Å². The molecule has 22 heavy (non-hydrogen) atoms. The molecule has 5 heteroatoms. The predicted octanol–water partition coefficient (Wildman–Crippen LogP) is 3.08. The molecule has 0 atom stereocenters. The Morgan fingerprint density at radius 1 is 1.09 bits per heavy atom. The number of Topliss-reactive ketones (excluding diaryl/α,β-unsaturated/α-hetero) is 1. The van der Waals surface area contributed by atoms with Crippen molar-refractivity contribution in [1.82, 2.24) is 0 Å². The van der Waals surface area contributed by atoms with Crippen LogP contribution in [0, 0.1) is 22.7 Å². The molecule has 104 valence electrons. The topological polar surface area (TPSA) is 81.7 Å². The number of benzene rings is 1. The molecule has 0 unspecified atom stereocenters. The van der Waals surface area contributed by atoms with Gasteiger partial charge in [-0.3, -0.25) is 9.59 Å². The maximum atomic E-state index is 12.7. The Hall–Kier alpha value is -2.95. The third kappa shape index (κ3) is 1.83. The van der Waals surface area contributed by atoms with E-state index in [0.29, 0.717) is 22.3 Å². The summed E-state index contributed by atoms with van der Waals surface area (Å²) in [4.78, 5) is 24.3. The number of ketones is 1. The fraction of sp³-hybridized carbons (Fsp3) is 0.0588. The van der Waals surface area contributed by atoms with Gasteiger partial charge in [-0.1, -0.05) is 30.3 Å². The predicted molar refractivity (Wildman–Crippen MR) is 79.5 cm³/mol. The molecule has 0 aromatic heterocycles. The average Bonchev–Trinajstić information content (AvgIpc) is 2.83. The minimum Gasteiger partial charge on any atom is -0.289 e. The number of halogens is 1. The molecule has 0 heterocycles. The van der Waals surface area contributed by atoms with Crippen LogP contribution in [0.25, 0.3) is 5.57 Å². The van der Waals surface area contributed by atoms with Crippen molar-refractivity contribution in [3.63, 3.8) is 0 Å². The molecule has 2 aliphatic rings. The smallest absolute Gasteiger partial charge is 0.252 e. The largest absolute Gasteiger partial charge is 0.289 e. The molecule has 0 N–H and O–H groups in total. The lowest BCUT2D eigenvalue weighted by molar-refractivity contribution is -0.108. The molecular formula is C17H7ClN2O2. The molecule has 0 fully saturated rings. The van der Waals surface area contributed by atoms with Crippen molar-refractivity contribution in [1.29, 1.82) is 10.5 Å². The van der Waals surface area contributed by atoms with Crippen LogP contribution in [-0.4, -0.2) is 11.0 Å². The summed E-state index contributed by atoms with van der Waals surface area (Å²) in [6.45, 7) is 0. The summed E-state index contributed by atoms with van der Waals surface area (Å²) in [6.07, 6.45) is 1.72. The summed E-state index contributed by atoms with van der Waals surface area (Å²) in [5.74, 6) is -0.285. The number of allylic oxidation sites excluding steroid dienone is 6. The average molecular weight is 307 g/mol. The van der Waals surface area contributed by atoms with Gasteiger partial charge in [0.1, 0.15) is 17.7 Å². The molecule has 0 amide bonds. The van der Waals surface area contributed by atoms with Crippen LogP contribution < -0.4 is 0 Å². The van der Waals surface area contributed by atoms with Gasteiger partial charge in [0.2, 0.25) is 0 Å². The zero-order valence-corrected chi connectivity index (χ0v) is 11.9. The van der Waals surface area contributed by atoms with E-state index in [1.807, 2.05) is 12.1 Å². The maximum absolute atomic E-state index is 12.7. The van der Waals surface area contributed by atoms with E-state index in [9.17, 15) is 9.59 Å². The number of nitrogens with zero attached hydrogens (tertiary/aromatic N) is 2. The Bertz CT molecular complexity index is 905. The number of fused-ring (bicyclic) bond motifs is 2. The molecule has 3 rings (SSSR count). The normalized spacial score (nSPS) is 15.5. The van der Waals surface area contributed by atoms with Crippen molar-refractivity contribution < 1.29 is 9.59 Å². The molecule has 0 radical (unpaired) electrons. The second-order valence-electron chi connectivity index (χ2n) is 4.80. The van der Waals surface area contributed by atoms with Crippen molar-refractivity contribution in [2.24, 2.45) is 0 Å². The van der Waals surface area contributed by atoms with Crippen LogP contribution in [0.4, 0.5) is 0 Å². The molecular weight excluding hydrogens is 300 g/mol. The number of nitriles is 2. The summed E-state index contributed by atoms with van der Waals surface area (Å²) in [6, 6.07) is 10.5. The van der Waals surface area contributed by atoms with Gasteiger partial charge in [0.15, 0.2) is 5.78 Å². The van der Waals surface area contributed by atoms with Gasteiger partial charge in [0.05, 0.1) is 0 Å². The molecule has 0 spiro atoms. The minimum absolute atomic E-state index is 0.119. The zero-order valence-electron chi connectivity index (χ0n) is 11.2. The van der Waals surface area contributed by atoms with Gasteiger partial charge in [-0.2, -0.15) is 10.5 Å². The van der Waals surface area contributed by atoms with E-state index in [0.717, 1.165) is 0 Å². The molecule has 0 saturated heterocycles. The third-order valence-corrected chi connectivity index (χ3v) is 3.94. The van der Waals surface area contributed by atoms with Crippen LogP contribution in [0.1, 0.15) is 22.3 Å². The Kier molecular flexibility index (Phi) is 3.25. The van der Waals surface area contributed by atoms with E-state index in [1.54, 1.807) is 30.3 Å². The standard InChI is InChI=1S/C17H7ClN2O2/c18-17(22)13-6-5-10(9(7-19)8-20)15-14(13)11-3-1-2-4-12(11)16(15)21/h1-4,6H,5H2. The first-order chi connectivity index (χ1) is 10.6. The van der Waals surface area contributed by atoms with Crippen molar-refractivity contribution in [3.05, 3.63) is 63.8 Å². The highest BCUT2D eigenvalue weighted by Gasteiger charge is 2.37. The van der Waals surface area contributed by atoms with Crippen molar-refractivity contribution in [3.8, 4) is 12.1 Å². The maximum Gasteiger partial charge on any atom is 0.252 e. The lowest BCUT2D eigenvalue weighted by Crippen LogP contribution is -2.09. The van der Waals surface area contributed by atoms with Gasteiger partial charge < -0.3 is 0 Å². The number of carbonyl (C=O) groups is 2. The molecule has 4 nitrogen and oxygen atoms in total. The van der Waals surface area contributed by atoms with Gasteiger partial charge in [-0.15, -0.1) is 0 Å². The quantitative estimate of drug-likeness (QED) is 0.589. The molecule has 1 aromatic carbocycles. The first-order valence-electron chi connectivity index (χ1n) is 6.42. The van der Waals surface area contributed by atoms with Gasteiger partial charge in [0.25, 0.3) is 5.24 Å². The van der Waals surface area contributed by atoms with E-state index in [2.05, 4.69) is 0 Å². The monoisotopic (exact) mass is 306 g/mol. The van der Waals surface area contributed by atoms with Crippen LogP contribution in [-0.2, 0) is 4.79 Å². The van der Waals surface area contributed by atoms with E-state index in [1.165, 1.54) is 0 Å². The van der Waals surface area contributed by atoms with Crippen LogP contribution >= 0.6 is 11.6 Å². The second-order valence-corrected chi connectivity index (χ2v) is 5.14. The Labute approximate surface area is 131 Å². The molecule has 0 aliphatic heterocycles. The van der Waals surface area contributed by atoms with E-state index in [4.69, 9.17) is 22.1 Å². The Morgan fingerprint density at radius 2 is 1.73 bits per heavy atom. The van der Waals surface area contributed by atoms with E-state index in [-0.39, 0.29) is 28.9 Å². The van der Waals surface area contributed by atoms with Crippen LogP contribution in [0.2, 0.25) is 0 Å². The highest BCUT2D eigenvalue weighted by atomic mass is 35.5. The van der Waals surface area contributed by atoms with Crippen LogP contribution in [0.15, 0.2) is 52.6 Å². The fourth-order valence-corrected chi connectivity index (χ4v) is 3.00. The summed E-state index contributed by atoms with van der Waals surface area (Å²) in [5.41, 5.74) is 2.19. The number of rotatable bonds is 1. The van der Waals surface area contributed by atoms with Gasteiger partial charge in [-0.05, 0) is 29.2 Å². The fourth-order valence-electron chi connectivity index (χ4n) is 2.82. The lowest BCUT2D eigenvalue weighted by Gasteiger charge is -2.16. The highest BCUT2D eigenvalue weighted by Crippen LogP contribution is 2.45. The van der Waals surface area contributed by atoms with Crippen molar-refractivity contribution in [2.45, 2.75) is 6.42 Å². The molecule has 1 aromatic rings. The SMILES string of the molecule is N#CC(C#N)=C1CC=C(C(=O)Cl)C2=C1C(=O)c1ccccc12. The first-order valence-corrected chi connectivity index (χ1v) is 6.80. The van der Waals surface area contributed by atoms with E-state index < -0.39 is 5.24 Å². The van der Waals surface area contributed by atoms with Crippen LogP contribution in [0.3, 0.4) is 0 Å². The van der Waals surface area contributed by atoms with E-state index >= 15 is 0 Å². The van der Waals surface area contributed by atoms with Gasteiger partial charge in [-0.25, -0.2) is 0 Å². The zero-order chi connectivity index (χ0) is 15.9. The van der Waals surface area contributed by atoms with Crippen molar-refractivity contribution in [2.75, 3.05) is 0 Å². The second kappa shape index (κ2) is 5.11. The molecule has 2 aliphatic carbocycles. The van der Waals surface area contributed by atoms with Crippen LogP contribution in [0.5, 0.6) is 0 Å². The van der Waals surface area contributed by atoms with Gasteiger partial charge >= 0.3 is 0 Å². The summed E-state index contributed by atoms with van der Waals surface area (Å²) in [7, 11) is 0.